The number of nitrogens with zero attached hydrogens (tertiary/aromatic N) is 2. The number of carboxylic acids is 1. The maximum Gasteiger partial charge on any atom is 0.326 e. The molecule has 38 heavy (non-hydrogen) atoms. The highest BCUT2D eigenvalue weighted by molar-refractivity contribution is 6.39. The normalized spacial score (nSPS) is 17.7. The van der Waals surface area contributed by atoms with Crippen molar-refractivity contribution in [1.29, 1.82) is 0 Å². The van der Waals surface area contributed by atoms with Gasteiger partial charge >= 0.3 is 5.97 Å². The lowest BCUT2D eigenvalue weighted by atomic mass is 9.85. The third kappa shape index (κ3) is 7.20. The van der Waals surface area contributed by atoms with E-state index in [2.05, 4.69) is 25.9 Å². The Hall–Kier alpha value is -3.69. The van der Waals surface area contributed by atoms with E-state index in [1.54, 1.807) is 48.8 Å². The first-order valence-corrected chi connectivity index (χ1v) is 13.0. The molecule has 1 atom stereocenters. The van der Waals surface area contributed by atoms with Crippen LogP contribution in [0.25, 0.3) is 0 Å². The van der Waals surface area contributed by atoms with E-state index in [0.29, 0.717) is 17.2 Å². The Labute approximate surface area is 230 Å². The minimum atomic E-state index is -1.19. The summed E-state index contributed by atoms with van der Waals surface area (Å²) in [7, 11) is 0. The first-order valence-electron chi connectivity index (χ1n) is 12.2. The van der Waals surface area contributed by atoms with Crippen molar-refractivity contribution in [1.82, 2.24) is 15.3 Å². The molecule has 1 saturated carbocycles. The van der Waals surface area contributed by atoms with E-state index in [1.165, 1.54) is 12.1 Å². The minimum absolute atomic E-state index is 0.0263. The number of aromatic nitrogens is 2. The molecule has 1 aromatic heterocycles. The Balaban J connectivity index is 1.29. The fourth-order valence-electron chi connectivity index (χ4n) is 4.41. The molecule has 11 heteroatoms. The van der Waals surface area contributed by atoms with Gasteiger partial charge in [0.1, 0.15) is 6.04 Å². The van der Waals surface area contributed by atoms with Crippen LogP contribution in [-0.2, 0) is 16.0 Å². The van der Waals surface area contributed by atoms with Gasteiger partial charge in [-0.1, -0.05) is 41.4 Å². The van der Waals surface area contributed by atoms with Crippen LogP contribution >= 0.6 is 23.2 Å². The molecule has 0 unspecified atom stereocenters. The highest BCUT2D eigenvalue weighted by Gasteiger charge is 2.27. The number of amides is 2. The van der Waals surface area contributed by atoms with Gasteiger partial charge in [-0.25, -0.2) is 14.8 Å². The van der Waals surface area contributed by atoms with Crippen LogP contribution in [-0.4, -0.2) is 44.9 Å². The lowest BCUT2D eigenvalue weighted by Crippen LogP contribution is -2.42. The summed E-state index contributed by atoms with van der Waals surface area (Å²) in [6.07, 6.45) is 6.61. The van der Waals surface area contributed by atoms with Gasteiger partial charge in [-0.05, 0) is 61.6 Å². The van der Waals surface area contributed by atoms with Crippen molar-refractivity contribution in [3.05, 3.63) is 82.1 Å². The van der Waals surface area contributed by atoms with Crippen LogP contribution in [0.15, 0.2) is 60.9 Å². The van der Waals surface area contributed by atoms with Gasteiger partial charge < -0.3 is 21.1 Å². The number of rotatable bonds is 9. The highest BCUT2D eigenvalue weighted by Crippen LogP contribution is 2.27. The van der Waals surface area contributed by atoms with E-state index in [9.17, 15) is 19.5 Å². The standard InChI is InChI=1S/C27H27Cl2N5O4/c28-20-3-1-4-21(29)23(20)25(36)34-22(26(37)38)15-16-5-9-18(10-6-16)32-24(35)17-7-11-19(12-8-17)33-27-30-13-2-14-31-27/h1-6,9-10,13-14,17,19,22H,7-8,11-12,15H2,(H,32,35)(H,34,36)(H,37,38)(H,30,31,33)/t17?,19?,22-/m0/s1. The van der Waals surface area contributed by atoms with E-state index in [1.807, 2.05) is 0 Å². The molecular formula is C27H27Cl2N5O4. The molecule has 1 aliphatic rings. The maximum atomic E-state index is 12.8. The van der Waals surface area contributed by atoms with Crippen LogP contribution in [0.4, 0.5) is 11.6 Å². The van der Waals surface area contributed by atoms with Gasteiger partial charge in [0.25, 0.3) is 5.91 Å². The molecule has 0 saturated heterocycles. The summed E-state index contributed by atoms with van der Waals surface area (Å²) >= 11 is 12.1. The number of carbonyl (C=O) groups excluding carboxylic acids is 2. The average molecular weight is 556 g/mol. The van der Waals surface area contributed by atoms with Crippen LogP contribution in [0.3, 0.4) is 0 Å². The molecule has 3 aromatic rings. The Morgan fingerprint density at radius 1 is 0.921 bits per heavy atom. The van der Waals surface area contributed by atoms with Gasteiger partial charge in [-0.15, -0.1) is 0 Å². The fraction of sp³-hybridized carbons (Fsp3) is 0.296. The van der Waals surface area contributed by atoms with Crippen molar-refractivity contribution >= 4 is 52.6 Å². The molecule has 1 heterocycles. The quantitative estimate of drug-likeness (QED) is 0.297. The highest BCUT2D eigenvalue weighted by atomic mass is 35.5. The van der Waals surface area contributed by atoms with E-state index < -0.39 is 17.9 Å². The molecular weight excluding hydrogens is 529 g/mol. The van der Waals surface area contributed by atoms with Crippen molar-refractivity contribution < 1.29 is 19.5 Å². The number of nitrogens with one attached hydrogen (secondary N) is 3. The number of halogens is 2. The van der Waals surface area contributed by atoms with Gasteiger partial charge in [0.2, 0.25) is 11.9 Å². The van der Waals surface area contributed by atoms with Gasteiger partial charge in [-0.2, -0.15) is 0 Å². The van der Waals surface area contributed by atoms with E-state index in [0.717, 1.165) is 25.7 Å². The number of carboxylic acid groups (broad SMARTS) is 1. The summed E-state index contributed by atoms with van der Waals surface area (Å²) in [6, 6.07) is 12.3. The van der Waals surface area contributed by atoms with Crippen molar-refractivity contribution in [3.8, 4) is 0 Å². The van der Waals surface area contributed by atoms with Gasteiger partial charge in [0.15, 0.2) is 0 Å². The molecule has 198 valence electrons. The summed E-state index contributed by atoms with van der Waals surface area (Å²) in [6.45, 7) is 0. The minimum Gasteiger partial charge on any atom is -0.480 e. The second-order valence-corrected chi connectivity index (χ2v) is 9.93. The summed E-state index contributed by atoms with van der Waals surface area (Å²) in [5.74, 6) is -1.40. The fourth-order valence-corrected chi connectivity index (χ4v) is 4.97. The topological polar surface area (TPSA) is 133 Å². The molecule has 2 amide bonds. The zero-order chi connectivity index (χ0) is 27.1. The first-order chi connectivity index (χ1) is 18.3. The molecule has 0 radical (unpaired) electrons. The van der Waals surface area contributed by atoms with Gasteiger partial charge in [-0.3, -0.25) is 9.59 Å². The number of hydrogen-bond acceptors (Lipinski definition) is 6. The molecule has 1 fully saturated rings. The average Bonchev–Trinajstić information content (AvgIpc) is 2.90. The van der Waals surface area contributed by atoms with Crippen molar-refractivity contribution in [2.75, 3.05) is 10.6 Å². The van der Waals surface area contributed by atoms with Crippen LogP contribution in [0.5, 0.6) is 0 Å². The van der Waals surface area contributed by atoms with E-state index >= 15 is 0 Å². The summed E-state index contributed by atoms with van der Waals surface area (Å²) in [5.41, 5.74) is 1.32. The molecule has 4 N–H and O–H groups in total. The largest absolute Gasteiger partial charge is 0.480 e. The van der Waals surface area contributed by atoms with Crippen LogP contribution in [0, 0.1) is 5.92 Å². The lowest BCUT2D eigenvalue weighted by Gasteiger charge is -2.28. The first kappa shape index (κ1) is 27.3. The summed E-state index contributed by atoms with van der Waals surface area (Å²) in [5, 5.41) is 18.6. The van der Waals surface area contributed by atoms with Gasteiger partial charge in [0.05, 0.1) is 15.6 Å². The second kappa shape index (κ2) is 12.7. The van der Waals surface area contributed by atoms with Crippen LogP contribution in [0.1, 0.15) is 41.6 Å². The zero-order valence-electron chi connectivity index (χ0n) is 20.4. The Bertz CT molecular complexity index is 1260. The second-order valence-electron chi connectivity index (χ2n) is 9.12. The molecule has 9 nitrogen and oxygen atoms in total. The number of aliphatic carboxylic acids is 1. The molecule has 2 aromatic carbocycles. The lowest BCUT2D eigenvalue weighted by molar-refractivity contribution is -0.139. The number of benzene rings is 2. The predicted octanol–water partition coefficient (Wildman–Crippen LogP) is 4.82. The van der Waals surface area contributed by atoms with Crippen molar-refractivity contribution in [2.45, 2.75) is 44.2 Å². The Morgan fingerprint density at radius 3 is 2.16 bits per heavy atom. The smallest absolute Gasteiger partial charge is 0.326 e. The molecule has 1 aliphatic carbocycles. The van der Waals surface area contributed by atoms with Crippen molar-refractivity contribution in [3.63, 3.8) is 0 Å². The molecule has 4 rings (SSSR count). The zero-order valence-corrected chi connectivity index (χ0v) is 21.9. The van der Waals surface area contributed by atoms with E-state index in [4.69, 9.17) is 23.2 Å². The molecule has 0 spiro atoms. The van der Waals surface area contributed by atoms with Crippen molar-refractivity contribution in [2.24, 2.45) is 5.92 Å². The Morgan fingerprint density at radius 2 is 1.55 bits per heavy atom. The number of hydrogen-bond donors (Lipinski definition) is 4. The summed E-state index contributed by atoms with van der Waals surface area (Å²) in [4.78, 5) is 45.6. The third-order valence-corrected chi connectivity index (χ3v) is 7.08. The molecule has 0 bridgehead atoms. The Kier molecular flexibility index (Phi) is 9.15. The SMILES string of the molecule is O=C(N[C@@H](Cc1ccc(NC(=O)C2CCC(Nc3ncccn3)CC2)cc1)C(=O)O)c1c(Cl)cccc1Cl. The summed E-state index contributed by atoms with van der Waals surface area (Å²) < 4.78 is 0. The van der Waals surface area contributed by atoms with Crippen LogP contribution < -0.4 is 16.0 Å². The maximum absolute atomic E-state index is 12.8. The van der Waals surface area contributed by atoms with Crippen LogP contribution in [0.2, 0.25) is 10.0 Å². The molecule has 0 aliphatic heterocycles. The monoisotopic (exact) mass is 555 g/mol. The number of anilines is 2. The third-order valence-electron chi connectivity index (χ3n) is 6.45. The van der Waals surface area contributed by atoms with E-state index in [-0.39, 0.29) is 39.9 Å². The predicted molar refractivity (Wildman–Crippen MR) is 146 cm³/mol. The number of carbonyl (C=O) groups is 3. The van der Waals surface area contributed by atoms with Gasteiger partial charge in [0, 0.05) is 36.5 Å².